The third-order valence-electron chi connectivity index (χ3n) is 12.3. The van der Waals surface area contributed by atoms with Crippen molar-refractivity contribution >= 4 is 11.8 Å². The molecule has 6 nitrogen and oxygen atoms in total. The van der Waals surface area contributed by atoms with Gasteiger partial charge in [-0.2, -0.15) is 0 Å². The normalized spacial score (nSPS) is 22.2. The van der Waals surface area contributed by atoms with Gasteiger partial charge in [0.05, 0.1) is 5.41 Å². The zero-order valence-electron chi connectivity index (χ0n) is 30.4. The van der Waals surface area contributed by atoms with Crippen molar-refractivity contribution in [2.24, 2.45) is 29.2 Å². The van der Waals surface area contributed by atoms with Crippen LogP contribution in [0.3, 0.4) is 0 Å². The monoisotopic (exact) mass is 686 g/mol. The number of carbonyl (C=O) groups excluding carboxylic acids is 2. The lowest BCUT2D eigenvalue weighted by Crippen LogP contribution is -2.53. The molecule has 2 amide bonds. The van der Waals surface area contributed by atoms with Crippen LogP contribution in [0, 0.1) is 17.8 Å². The third-order valence-corrected chi connectivity index (χ3v) is 12.3. The van der Waals surface area contributed by atoms with Crippen LogP contribution < -0.4 is 11.5 Å². The quantitative estimate of drug-likeness (QED) is 0.137. The molecule has 0 aromatic heterocycles. The summed E-state index contributed by atoms with van der Waals surface area (Å²) in [5, 5.41) is 0. The molecule has 4 atom stereocenters. The molecule has 2 heterocycles. The van der Waals surface area contributed by atoms with Crippen LogP contribution in [0.5, 0.6) is 0 Å². The molecule has 3 aromatic rings. The third kappa shape index (κ3) is 7.93. The van der Waals surface area contributed by atoms with Gasteiger partial charge in [-0.3, -0.25) is 9.59 Å². The molecule has 4 unspecified atom stereocenters. The van der Waals surface area contributed by atoms with Gasteiger partial charge in [0.2, 0.25) is 11.8 Å². The summed E-state index contributed by atoms with van der Waals surface area (Å²) in [5.41, 5.74) is 14.2. The Hall–Kier alpha value is -4.00. The van der Waals surface area contributed by atoms with Gasteiger partial charge in [-0.05, 0) is 92.7 Å². The first-order chi connectivity index (χ1) is 25.0. The van der Waals surface area contributed by atoms with Crippen LogP contribution in [0.25, 0.3) is 0 Å². The van der Waals surface area contributed by atoms with Crippen LogP contribution in [0.15, 0.2) is 115 Å². The minimum absolute atomic E-state index is 0.0894. The number of allylic oxidation sites excluding steroid dienone is 4. The summed E-state index contributed by atoms with van der Waals surface area (Å²) >= 11 is 0. The van der Waals surface area contributed by atoms with Gasteiger partial charge in [-0.15, -0.1) is 0 Å². The molecular weight excluding hydrogens is 629 g/mol. The number of hydrogen-bond acceptors (Lipinski definition) is 4. The van der Waals surface area contributed by atoms with Gasteiger partial charge in [-0.1, -0.05) is 147 Å². The van der Waals surface area contributed by atoms with Crippen LogP contribution in [0.4, 0.5) is 0 Å². The largest absolute Gasteiger partial charge is 0.369 e. The fourth-order valence-corrected chi connectivity index (χ4v) is 9.79. The van der Waals surface area contributed by atoms with E-state index in [9.17, 15) is 9.59 Å². The lowest BCUT2D eigenvalue weighted by atomic mass is 9.60. The van der Waals surface area contributed by atoms with Crippen molar-refractivity contribution in [3.8, 4) is 0 Å². The first-order valence-corrected chi connectivity index (χ1v) is 19.5. The first kappa shape index (κ1) is 36.8. The minimum atomic E-state index is -0.815. The van der Waals surface area contributed by atoms with Crippen molar-refractivity contribution in [2.45, 2.75) is 75.0 Å². The van der Waals surface area contributed by atoms with Crippen LogP contribution in [-0.4, -0.2) is 60.9 Å². The Morgan fingerprint density at radius 1 is 0.588 bits per heavy atom. The van der Waals surface area contributed by atoms with Gasteiger partial charge in [0.25, 0.3) is 0 Å². The number of unbranched alkanes of at least 4 members (excludes halogenated alkanes) is 6. The van der Waals surface area contributed by atoms with Gasteiger partial charge >= 0.3 is 0 Å². The highest BCUT2D eigenvalue weighted by atomic mass is 16.2. The highest BCUT2D eigenvalue weighted by molar-refractivity contribution is 5.91. The first-order valence-electron chi connectivity index (χ1n) is 19.5. The summed E-state index contributed by atoms with van der Waals surface area (Å²) in [6.07, 6.45) is 20.1. The molecule has 2 fully saturated rings. The molecule has 0 spiro atoms. The van der Waals surface area contributed by atoms with Crippen LogP contribution in [0.1, 0.15) is 80.9 Å². The predicted octanol–water partition coefficient (Wildman–Crippen LogP) is 7.39. The SMILES string of the molecule is NC(=O)C(c1ccccc1)(c1ccccc1)C1CCN(CCCCCCCCCN2CCC(C(C(N)=O)(c3ccccc3)C3C=CC=CC3)C2)C1. The van der Waals surface area contributed by atoms with E-state index in [4.69, 9.17) is 11.5 Å². The van der Waals surface area contributed by atoms with Crippen molar-refractivity contribution in [3.05, 3.63) is 132 Å². The molecule has 3 aromatic carbocycles. The molecule has 3 aliphatic rings. The molecule has 1 aliphatic carbocycles. The van der Waals surface area contributed by atoms with E-state index in [-0.39, 0.29) is 29.6 Å². The Labute approximate surface area is 306 Å². The van der Waals surface area contributed by atoms with Crippen molar-refractivity contribution < 1.29 is 9.59 Å². The molecule has 2 aliphatic heterocycles. The number of amides is 2. The molecule has 0 bridgehead atoms. The summed E-state index contributed by atoms with van der Waals surface area (Å²) in [5.74, 6) is 0.0160. The maximum atomic E-state index is 13.4. The number of rotatable bonds is 18. The van der Waals surface area contributed by atoms with E-state index in [0.29, 0.717) is 0 Å². The molecule has 4 N–H and O–H groups in total. The average molecular weight is 687 g/mol. The number of hydrogen-bond donors (Lipinski definition) is 2. The van der Waals surface area contributed by atoms with Crippen molar-refractivity contribution in [1.82, 2.24) is 9.80 Å². The van der Waals surface area contributed by atoms with Crippen LogP contribution in [-0.2, 0) is 20.4 Å². The van der Waals surface area contributed by atoms with Crippen molar-refractivity contribution in [3.63, 3.8) is 0 Å². The Morgan fingerprint density at radius 3 is 1.53 bits per heavy atom. The Bertz CT molecular complexity index is 1570. The van der Waals surface area contributed by atoms with E-state index in [1.54, 1.807) is 0 Å². The van der Waals surface area contributed by atoms with Gasteiger partial charge < -0.3 is 21.3 Å². The molecule has 6 rings (SSSR count). The van der Waals surface area contributed by atoms with Gasteiger partial charge in [0.15, 0.2) is 0 Å². The number of benzene rings is 3. The van der Waals surface area contributed by atoms with Crippen molar-refractivity contribution in [2.75, 3.05) is 39.3 Å². The minimum Gasteiger partial charge on any atom is -0.369 e. The summed E-state index contributed by atoms with van der Waals surface area (Å²) < 4.78 is 0. The molecule has 0 radical (unpaired) electrons. The Morgan fingerprint density at radius 2 is 1.06 bits per heavy atom. The van der Waals surface area contributed by atoms with Gasteiger partial charge in [0, 0.05) is 13.1 Å². The summed E-state index contributed by atoms with van der Waals surface area (Å²) in [7, 11) is 0. The summed E-state index contributed by atoms with van der Waals surface area (Å²) in [4.78, 5) is 31.9. The zero-order valence-corrected chi connectivity index (χ0v) is 30.4. The van der Waals surface area contributed by atoms with E-state index in [0.717, 1.165) is 75.2 Å². The standard InChI is InChI=1S/C45H58N4O2/c46-42(50)44(36-20-10-6-11-21-36,37-22-12-7-13-23-37)40-28-32-48(34-40)30-18-4-2-1-3-5-19-31-49-33-29-41(35-49)45(43(47)51,38-24-14-8-15-25-38)39-26-16-9-17-27-39/h6-17,20-26,39-41H,1-5,18-19,27-35H2,(H2,46,50)(H2,47,51). The average Bonchev–Trinajstić information content (AvgIpc) is 3.84. The lowest BCUT2D eigenvalue weighted by molar-refractivity contribution is -0.127. The maximum absolute atomic E-state index is 13.4. The number of primary amides is 2. The molecule has 2 saturated heterocycles. The van der Waals surface area contributed by atoms with E-state index in [1.165, 1.54) is 44.9 Å². The molecular formula is C45H58N4O2. The molecule has 0 saturated carbocycles. The van der Waals surface area contributed by atoms with E-state index >= 15 is 0 Å². The number of nitrogens with zero attached hydrogens (tertiary/aromatic N) is 2. The van der Waals surface area contributed by atoms with E-state index in [1.807, 2.05) is 54.6 Å². The van der Waals surface area contributed by atoms with Gasteiger partial charge in [0.1, 0.15) is 5.41 Å². The van der Waals surface area contributed by atoms with Crippen LogP contribution in [0.2, 0.25) is 0 Å². The molecule has 6 heteroatoms. The fourth-order valence-electron chi connectivity index (χ4n) is 9.79. The lowest BCUT2D eigenvalue weighted by Gasteiger charge is -2.42. The second-order valence-corrected chi connectivity index (χ2v) is 15.2. The number of carbonyl (C=O) groups is 2. The highest BCUT2D eigenvalue weighted by Crippen LogP contribution is 2.47. The zero-order chi connectivity index (χ0) is 35.5. The topological polar surface area (TPSA) is 92.7 Å². The summed E-state index contributed by atoms with van der Waals surface area (Å²) in [6, 6.07) is 30.6. The van der Waals surface area contributed by atoms with Crippen molar-refractivity contribution in [1.29, 1.82) is 0 Å². The molecule has 270 valence electrons. The maximum Gasteiger partial charge on any atom is 0.232 e. The predicted molar refractivity (Wildman–Crippen MR) is 208 cm³/mol. The second-order valence-electron chi connectivity index (χ2n) is 15.2. The second kappa shape index (κ2) is 17.5. The fraction of sp³-hybridized carbons (Fsp3) is 0.467. The van der Waals surface area contributed by atoms with Gasteiger partial charge in [-0.25, -0.2) is 0 Å². The highest BCUT2D eigenvalue weighted by Gasteiger charge is 2.52. The smallest absolute Gasteiger partial charge is 0.232 e. The Kier molecular flexibility index (Phi) is 12.6. The molecule has 51 heavy (non-hydrogen) atoms. The van der Waals surface area contributed by atoms with E-state index < -0.39 is 10.8 Å². The number of likely N-dealkylation sites (tertiary alicyclic amines) is 2. The van der Waals surface area contributed by atoms with E-state index in [2.05, 4.69) is 70.5 Å². The Balaban J connectivity index is 0.916. The number of nitrogens with two attached hydrogens (primary N) is 2. The van der Waals surface area contributed by atoms with Crippen LogP contribution >= 0.6 is 0 Å². The summed E-state index contributed by atoms with van der Waals surface area (Å²) in [6.45, 7) is 6.04.